The summed E-state index contributed by atoms with van der Waals surface area (Å²) >= 11 is 0. The number of esters is 1. The van der Waals surface area contributed by atoms with Gasteiger partial charge in [-0.05, 0) is 25.3 Å². The molecule has 0 spiro atoms. The van der Waals surface area contributed by atoms with Gasteiger partial charge < -0.3 is 4.74 Å². The summed E-state index contributed by atoms with van der Waals surface area (Å²) in [6, 6.07) is 9.79. The van der Waals surface area contributed by atoms with Crippen molar-refractivity contribution in [1.82, 2.24) is 0 Å². The second-order valence-corrected chi connectivity index (χ2v) is 4.59. The third-order valence-corrected chi connectivity index (χ3v) is 3.44. The first-order valence-corrected chi connectivity index (χ1v) is 6.20. The first-order chi connectivity index (χ1) is 8.54. The minimum absolute atomic E-state index is 0.0549. The zero-order chi connectivity index (χ0) is 13.6. The van der Waals surface area contributed by atoms with Gasteiger partial charge in [-0.2, -0.15) is 0 Å². The maximum atomic E-state index is 12.2. The quantitative estimate of drug-likeness (QED) is 0.574. The fraction of sp³-hybridized carbons (Fsp3) is 0.467. The maximum absolute atomic E-state index is 12.2. The molecule has 0 aromatic heterocycles. The standard InChI is InChI=1S/C15H20O3/c1-4-15(2,14(17)18-3)13(16)11-10-12-8-6-5-7-9-12/h5-9H,4,10-11H2,1-3H3. The molecule has 0 aliphatic rings. The number of benzene rings is 1. The highest BCUT2D eigenvalue weighted by atomic mass is 16.5. The van der Waals surface area contributed by atoms with E-state index in [1.165, 1.54) is 7.11 Å². The van der Waals surface area contributed by atoms with Crippen LogP contribution >= 0.6 is 0 Å². The second-order valence-electron chi connectivity index (χ2n) is 4.59. The molecule has 0 heterocycles. The molecule has 0 fully saturated rings. The van der Waals surface area contributed by atoms with Crippen molar-refractivity contribution in [3.8, 4) is 0 Å². The Bertz CT molecular complexity index is 411. The van der Waals surface area contributed by atoms with Crippen LogP contribution in [0.15, 0.2) is 30.3 Å². The van der Waals surface area contributed by atoms with Gasteiger partial charge in [0.2, 0.25) is 0 Å². The predicted octanol–water partition coefficient (Wildman–Crippen LogP) is 2.78. The number of aryl methyl sites for hydroxylation is 1. The highest BCUT2D eigenvalue weighted by molar-refractivity contribution is 6.03. The van der Waals surface area contributed by atoms with Crippen molar-refractivity contribution in [2.75, 3.05) is 7.11 Å². The summed E-state index contributed by atoms with van der Waals surface area (Å²) < 4.78 is 4.72. The van der Waals surface area contributed by atoms with Crippen molar-refractivity contribution in [1.29, 1.82) is 0 Å². The average molecular weight is 248 g/mol. The topological polar surface area (TPSA) is 43.4 Å². The van der Waals surface area contributed by atoms with Crippen LogP contribution in [-0.2, 0) is 20.7 Å². The molecule has 0 saturated carbocycles. The van der Waals surface area contributed by atoms with E-state index in [0.717, 1.165) is 5.56 Å². The normalized spacial score (nSPS) is 13.7. The summed E-state index contributed by atoms with van der Waals surface area (Å²) in [6.07, 6.45) is 1.49. The molecule has 1 rings (SSSR count). The Kier molecular flexibility index (Phi) is 5.08. The van der Waals surface area contributed by atoms with Gasteiger partial charge in [-0.3, -0.25) is 9.59 Å². The number of hydrogen-bond donors (Lipinski definition) is 0. The highest BCUT2D eigenvalue weighted by Crippen LogP contribution is 2.26. The molecule has 98 valence electrons. The van der Waals surface area contributed by atoms with E-state index in [9.17, 15) is 9.59 Å². The monoisotopic (exact) mass is 248 g/mol. The van der Waals surface area contributed by atoms with Crippen molar-refractivity contribution in [3.05, 3.63) is 35.9 Å². The Morgan fingerprint density at radius 1 is 1.22 bits per heavy atom. The van der Waals surface area contributed by atoms with E-state index in [1.54, 1.807) is 6.92 Å². The first-order valence-electron chi connectivity index (χ1n) is 6.20. The van der Waals surface area contributed by atoms with Crippen molar-refractivity contribution < 1.29 is 14.3 Å². The van der Waals surface area contributed by atoms with Crippen LogP contribution in [0.3, 0.4) is 0 Å². The van der Waals surface area contributed by atoms with Crippen molar-refractivity contribution >= 4 is 11.8 Å². The average Bonchev–Trinajstić information content (AvgIpc) is 2.43. The van der Waals surface area contributed by atoms with Gasteiger partial charge in [0.1, 0.15) is 11.2 Å². The van der Waals surface area contributed by atoms with Crippen LogP contribution in [0.25, 0.3) is 0 Å². The molecule has 0 radical (unpaired) electrons. The Morgan fingerprint density at radius 3 is 2.33 bits per heavy atom. The van der Waals surface area contributed by atoms with E-state index in [-0.39, 0.29) is 5.78 Å². The zero-order valence-electron chi connectivity index (χ0n) is 11.2. The van der Waals surface area contributed by atoms with Crippen LogP contribution in [0.4, 0.5) is 0 Å². The van der Waals surface area contributed by atoms with Crippen molar-refractivity contribution in [2.24, 2.45) is 5.41 Å². The molecule has 1 atom stereocenters. The molecule has 0 aliphatic carbocycles. The van der Waals surface area contributed by atoms with E-state index in [1.807, 2.05) is 37.3 Å². The lowest BCUT2D eigenvalue weighted by molar-refractivity contribution is -0.157. The molecular formula is C15H20O3. The summed E-state index contributed by atoms with van der Waals surface area (Å²) in [5.41, 5.74) is 0.0953. The summed E-state index contributed by atoms with van der Waals surface area (Å²) in [6.45, 7) is 3.49. The summed E-state index contributed by atoms with van der Waals surface area (Å²) in [5, 5.41) is 0. The van der Waals surface area contributed by atoms with E-state index in [0.29, 0.717) is 19.3 Å². The number of hydrogen-bond acceptors (Lipinski definition) is 3. The number of ketones is 1. The van der Waals surface area contributed by atoms with Gasteiger partial charge >= 0.3 is 5.97 Å². The first kappa shape index (κ1) is 14.4. The number of methoxy groups -OCH3 is 1. The van der Waals surface area contributed by atoms with E-state index >= 15 is 0 Å². The molecule has 0 bridgehead atoms. The smallest absolute Gasteiger partial charge is 0.319 e. The van der Waals surface area contributed by atoms with Gasteiger partial charge in [-0.1, -0.05) is 37.3 Å². The Morgan fingerprint density at radius 2 is 1.83 bits per heavy atom. The maximum Gasteiger partial charge on any atom is 0.319 e. The van der Waals surface area contributed by atoms with Gasteiger partial charge in [-0.15, -0.1) is 0 Å². The van der Waals surface area contributed by atoms with E-state index < -0.39 is 11.4 Å². The van der Waals surface area contributed by atoms with Gasteiger partial charge in [0.15, 0.2) is 0 Å². The summed E-state index contributed by atoms with van der Waals surface area (Å²) in [5.74, 6) is -0.497. The number of Topliss-reactive ketones (excluding diaryl/α,β-unsaturated/α-hetero) is 1. The molecule has 3 nitrogen and oxygen atoms in total. The third kappa shape index (κ3) is 3.19. The number of carbonyl (C=O) groups is 2. The van der Waals surface area contributed by atoms with Gasteiger partial charge in [0.25, 0.3) is 0 Å². The zero-order valence-corrected chi connectivity index (χ0v) is 11.2. The lowest BCUT2D eigenvalue weighted by Crippen LogP contribution is -2.37. The van der Waals surface area contributed by atoms with Crippen LogP contribution in [-0.4, -0.2) is 18.9 Å². The number of rotatable bonds is 6. The third-order valence-electron chi connectivity index (χ3n) is 3.44. The van der Waals surface area contributed by atoms with Crippen molar-refractivity contribution in [3.63, 3.8) is 0 Å². The van der Waals surface area contributed by atoms with Crippen LogP contribution in [0.1, 0.15) is 32.3 Å². The largest absolute Gasteiger partial charge is 0.468 e. The Balaban J connectivity index is 2.67. The number of ether oxygens (including phenoxy) is 1. The minimum atomic E-state index is -1.01. The SMILES string of the molecule is CCC(C)(C(=O)CCc1ccccc1)C(=O)OC. The summed E-state index contributed by atoms with van der Waals surface area (Å²) in [4.78, 5) is 23.8. The lowest BCUT2D eigenvalue weighted by atomic mass is 9.80. The fourth-order valence-electron chi connectivity index (χ4n) is 1.86. The molecule has 1 aromatic rings. The second kappa shape index (κ2) is 6.34. The van der Waals surface area contributed by atoms with Crippen LogP contribution < -0.4 is 0 Å². The van der Waals surface area contributed by atoms with Crippen LogP contribution in [0.5, 0.6) is 0 Å². The molecule has 0 aliphatic heterocycles. The van der Waals surface area contributed by atoms with Gasteiger partial charge in [0.05, 0.1) is 7.11 Å². The van der Waals surface area contributed by atoms with Crippen molar-refractivity contribution in [2.45, 2.75) is 33.1 Å². The molecule has 3 heteroatoms. The van der Waals surface area contributed by atoms with E-state index in [2.05, 4.69) is 0 Å². The Labute approximate surface area is 108 Å². The predicted molar refractivity (Wildman–Crippen MR) is 70.2 cm³/mol. The van der Waals surface area contributed by atoms with E-state index in [4.69, 9.17) is 4.74 Å². The number of carbonyl (C=O) groups excluding carboxylic acids is 2. The summed E-state index contributed by atoms with van der Waals surface area (Å²) in [7, 11) is 1.32. The molecule has 1 aromatic carbocycles. The molecule has 0 N–H and O–H groups in total. The molecule has 18 heavy (non-hydrogen) atoms. The van der Waals surface area contributed by atoms with Crippen LogP contribution in [0, 0.1) is 5.41 Å². The molecular weight excluding hydrogens is 228 g/mol. The lowest BCUT2D eigenvalue weighted by Gasteiger charge is -2.23. The van der Waals surface area contributed by atoms with Gasteiger partial charge in [-0.25, -0.2) is 0 Å². The van der Waals surface area contributed by atoms with Gasteiger partial charge in [0, 0.05) is 6.42 Å². The fourth-order valence-corrected chi connectivity index (χ4v) is 1.86. The molecule has 0 amide bonds. The molecule has 1 unspecified atom stereocenters. The minimum Gasteiger partial charge on any atom is -0.468 e. The molecule has 0 saturated heterocycles. The van der Waals surface area contributed by atoms with Crippen LogP contribution in [0.2, 0.25) is 0 Å². The highest BCUT2D eigenvalue weighted by Gasteiger charge is 2.39. The Hall–Kier alpha value is -1.64.